The largest absolute Gasteiger partial charge is 0.573 e. The Kier molecular flexibility index (Phi) is 7.24. The number of ether oxygens (including phenoxy) is 2. The topological polar surface area (TPSA) is 55.8 Å². The van der Waals surface area contributed by atoms with E-state index >= 15 is 0 Å². The Balaban J connectivity index is 1.75. The van der Waals surface area contributed by atoms with Gasteiger partial charge in [0.25, 0.3) is 0 Å². The number of benzene rings is 2. The predicted octanol–water partition coefficient (Wildman–Crippen LogP) is 6.64. The molecule has 0 amide bonds. The van der Waals surface area contributed by atoms with Gasteiger partial charge in [-0.1, -0.05) is 18.2 Å². The molecule has 0 atom stereocenters. The highest BCUT2D eigenvalue weighted by atomic mass is 19.4. The van der Waals surface area contributed by atoms with E-state index in [1.54, 1.807) is 0 Å². The molecular formula is C23H20F6O4. The Hall–Kier alpha value is -3.17. The molecule has 0 aromatic heterocycles. The molecule has 1 aliphatic carbocycles. The van der Waals surface area contributed by atoms with Gasteiger partial charge in [-0.2, -0.15) is 13.2 Å². The van der Waals surface area contributed by atoms with Crippen molar-refractivity contribution in [2.75, 3.05) is 6.61 Å². The summed E-state index contributed by atoms with van der Waals surface area (Å²) >= 11 is 0. The lowest BCUT2D eigenvalue weighted by Gasteiger charge is -2.16. The van der Waals surface area contributed by atoms with Crippen molar-refractivity contribution in [3.8, 4) is 11.5 Å². The third kappa shape index (κ3) is 6.90. The standard InChI is InChI=1S/C23H20F6O4/c24-22(25,26)20-12-18(10-6-15(20)7-11-21(30)31)32-13-16-2-1-3-19(16)14-4-8-17(9-5-14)33-23(27,28)29/h4-6,8-10,12H,1-3,7,11,13H2,(H,30,31). The van der Waals surface area contributed by atoms with Gasteiger partial charge in [-0.3, -0.25) is 4.79 Å². The fourth-order valence-electron chi connectivity index (χ4n) is 3.71. The quantitative estimate of drug-likeness (QED) is 0.436. The minimum Gasteiger partial charge on any atom is -0.489 e. The maximum absolute atomic E-state index is 13.4. The first-order valence-electron chi connectivity index (χ1n) is 10.0. The molecule has 2 aromatic carbocycles. The van der Waals surface area contributed by atoms with Crippen LogP contribution < -0.4 is 9.47 Å². The van der Waals surface area contributed by atoms with Crippen LogP contribution in [0.2, 0.25) is 0 Å². The zero-order chi connectivity index (χ0) is 24.2. The second-order valence-corrected chi connectivity index (χ2v) is 7.51. The number of halogens is 6. The molecule has 0 aliphatic heterocycles. The van der Waals surface area contributed by atoms with Crippen molar-refractivity contribution >= 4 is 11.5 Å². The van der Waals surface area contributed by atoms with Crippen molar-refractivity contribution in [1.82, 2.24) is 0 Å². The van der Waals surface area contributed by atoms with Gasteiger partial charge >= 0.3 is 18.5 Å². The summed E-state index contributed by atoms with van der Waals surface area (Å²) in [6.45, 7) is 0.0297. The summed E-state index contributed by atoms with van der Waals surface area (Å²) in [4.78, 5) is 10.7. The van der Waals surface area contributed by atoms with Crippen LogP contribution in [0.5, 0.6) is 11.5 Å². The molecule has 0 saturated carbocycles. The normalized spacial score (nSPS) is 14.5. The molecule has 0 radical (unpaired) electrons. The molecule has 0 fully saturated rings. The van der Waals surface area contributed by atoms with Gasteiger partial charge < -0.3 is 14.6 Å². The second-order valence-electron chi connectivity index (χ2n) is 7.51. The Morgan fingerprint density at radius 3 is 2.21 bits per heavy atom. The minimum absolute atomic E-state index is 0.00549. The van der Waals surface area contributed by atoms with Gasteiger partial charge in [-0.15, -0.1) is 13.2 Å². The van der Waals surface area contributed by atoms with Crippen LogP contribution >= 0.6 is 0 Å². The van der Waals surface area contributed by atoms with E-state index in [0.717, 1.165) is 23.6 Å². The number of aryl methyl sites for hydroxylation is 1. The van der Waals surface area contributed by atoms with Gasteiger partial charge in [-0.05, 0) is 72.2 Å². The molecule has 33 heavy (non-hydrogen) atoms. The van der Waals surface area contributed by atoms with Crippen molar-refractivity contribution in [2.45, 2.75) is 44.6 Å². The molecule has 0 heterocycles. The van der Waals surface area contributed by atoms with Gasteiger partial charge in [0.15, 0.2) is 0 Å². The minimum atomic E-state index is -4.79. The lowest BCUT2D eigenvalue weighted by Crippen LogP contribution is -2.17. The Bertz CT molecular complexity index is 1020. The van der Waals surface area contributed by atoms with Crippen LogP contribution in [-0.2, 0) is 17.4 Å². The van der Waals surface area contributed by atoms with Crippen molar-refractivity contribution in [2.24, 2.45) is 0 Å². The first kappa shape index (κ1) is 24.5. The Morgan fingerprint density at radius 2 is 1.61 bits per heavy atom. The molecule has 3 rings (SSSR count). The first-order valence-corrected chi connectivity index (χ1v) is 10.0. The third-order valence-corrected chi connectivity index (χ3v) is 5.18. The summed E-state index contributed by atoms with van der Waals surface area (Å²) in [6.07, 6.45) is -8.02. The Labute approximate surface area is 185 Å². The van der Waals surface area contributed by atoms with E-state index in [1.165, 1.54) is 36.4 Å². The van der Waals surface area contributed by atoms with E-state index in [1.807, 2.05) is 0 Å². The zero-order valence-electron chi connectivity index (χ0n) is 17.2. The number of carboxylic acid groups (broad SMARTS) is 1. The fourth-order valence-corrected chi connectivity index (χ4v) is 3.71. The summed E-state index contributed by atoms with van der Waals surface area (Å²) < 4.78 is 86.7. The average molecular weight is 474 g/mol. The number of rotatable bonds is 8. The van der Waals surface area contributed by atoms with Crippen LogP contribution in [0, 0.1) is 0 Å². The monoisotopic (exact) mass is 474 g/mol. The van der Waals surface area contributed by atoms with Crippen LogP contribution in [0.25, 0.3) is 5.57 Å². The van der Waals surface area contributed by atoms with Crippen LogP contribution in [0.15, 0.2) is 48.0 Å². The number of carboxylic acids is 1. The van der Waals surface area contributed by atoms with Gasteiger partial charge in [0.05, 0.1) is 5.56 Å². The van der Waals surface area contributed by atoms with Crippen LogP contribution in [-0.4, -0.2) is 24.0 Å². The molecule has 0 spiro atoms. The predicted molar refractivity (Wildman–Crippen MR) is 107 cm³/mol. The van der Waals surface area contributed by atoms with Crippen LogP contribution in [0.1, 0.15) is 42.4 Å². The first-order chi connectivity index (χ1) is 15.4. The molecular weight excluding hydrogens is 454 g/mol. The highest BCUT2D eigenvalue weighted by Gasteiger charge is 2.34. The van der Waals surface area contributed by atoms with Crippen molar-refractivity contribution in [3.05, 3.63) is 64.7 Å². The molecule has 1 N–H and O–H groups in total. The lowest BCUT2D eigenvalue weighted by atomic mass is 10.0. The highest BCUT2D eigenvalue weighted by Crippen LogP contribution is 2.37. The van der Waals surface area contributed by atoms with E-state index in [-0.39, 0.29) is 30.1 Å². The van der Waals surface area contributed by atoms with Crippen LogP contribution in [0.3, 0.4) is 0 Å². The molecule has 0 saturated heterocycles. The van der Waals surface area contributed by atoms with Gasteiger partial charge in [0.2, 0.25) is 0 Å². The third-order valence-electron chi connectivity index (χ3n) is 5.18. The second kappa shape index (κ2) is 9.76. The van der Waals surface area contributed by atoms with Gasteiger partial charge in [0, 0.05) is 6.42 Å². The molecule has 2 aromatic rings. The van der Waals surface area contributed by atoms with E-state index < -0.39 is 30.5 Å². The van der Waals surface area contributed by atoms with E-state index in [4.69, 9.17) is 9.84 Å². The van der Waals surface area contributed by atoms with Crippen molar-refractivity contribution in [3.63, 3.8) is 0 Å². The van der Waals surface area contributed by atoms with Crippen molar-refractivity contribution < 1.29 is 45.7 Å². The molecule has 10 heteroatoms. The van der Waals surface area contributed by atoms with Gasteiger partial charge in [0.1, 0.15) is 18.1 Å². The van der Waals surface area contributed by atoms with Gasteiger partial charge in [-0.25, -0.2) is 0 Å². The van der Waals surface area contributed by atoms with E-state index in [0.29, 0.717) is 18.4 Å². The van der Waals surface area contributed by atoms with Crippen molar-refractivity contribution in [1.29, 1.82) is 0 Å². The molecule has 0 bridgehead atoms. The maximum Gasteiger partial charge on any atom is 0.573 e. The number of aliphatic carboxylic acids is 1. The summed E-state index contributed by atoms with van der Waals surface area (Å²) in [5.41, 5.74) is 1.35. The zero-order valence-corrected chi connectivity index (χ0v) is 17.2. The average Bonchev–Trinajstić information content (AvgIpc) is 3.18. The number of hydrogen-bond donors (Lipinski definition) is 1. The Morgan fingerprint density at radius 1 is 0.939 bits per heavy atom. The number of alkyl halides is 6. The van der Waals surface area contributed by atoms with Crippen LogP contribution in [0.4, 0.5) is 26.3 Å². The highest BCUT2D eigenvalue weighted by molar-refractivity contribution is 5.71. The number of allylic oxidation sites excluding steroid dienone is 1. The van der Waals surface area contributed by atoms with E-state index in [9.17, 15) is 31.1 Å². The number of hydrogen-bond acceptors (Lipinski definition) is 3. The van der Waals surface area contributed by atoms with E-state index in [2.05, 4.69) is 4.74 Å². The molecule has 1 aliphatic rings. The summed E-state index contributed by atoms with van der Waals surface area (Å²) in [7, 11) is 0. The summed E-state index contributed by atoms with van der Waals surface area (Å²) in [5.74, 6) is -1.54. The lowest BCUT2D eigenvalue weighted by molar-refractivity contribution is -0.274. The molecule has 178 valence electrons. The summed E-state index contributed by atoms with van der Waals surface area (Å²) in [5, 5.41) is 8.74. The smallest absolute Gasteiger partial charge is 0.489 e. The molecule has 0 unspecified atom stereocenters. The maximum atomic E-state index is 13.4. The fraction of sp³-hybridized carbons (Fsp3) is 0.348. The SMILES string of the molecule is O=C(O)CCc1ccc(OCC2=C(c3ccc(OC(F)(F)F)cc3)CCC2)cc1C(F)(F)F. The molecule has 4 nitrogen and oxygen atoms in total. The number of carbonyl (C=O) groups is 1. The summed E-state index contributed by atoms with van der Waals surface area (Å²) in [6, 6.07) is 8.85.